The Morgan fingerprint density at radius 3 is 1.72 bits per heavy atom. The predicted molar refractivity (Wildman–Crippen MR) is 216 cm³/mol. The molecule has 53 heavy (non-hydrogen) atoms. The molecule has 4 unspecified atom stereocenters. The Balaban J connectivity index is 0.00000400. The maximum atomic E-state index is 6.38. The van der Waals surface area contributed by atoms with Crippen molar-refractivity contribution in [2.24, 2.45) is 9.98 Å². The van der Waals surface area contributed by atoms with Crippen LogP contribution in [0.15, 0.2) is 167 Å². The SMILES string of the molecule is Clc1ccc(/C2=C3\C=CC([N-]3)C(c3ccc(Cl)cc3)C3=N/C(=C(/c4ccc(Cl)cc4)c4ccc([n-]4)C(c4ccc(Cl)cc4)C4C=CC2=N4)C=C3)cc1.[Zn+2]. The third-order valence-electron chi connectivity index (χ3n) is 9.87. The Morgan fingerprint density at radius 1 is 0.528 bits per heavy atom. The van der Waals surface area contributed by atoms with Gasteiger partial charge in [0.2, 0.25) is 0 Å². The van der Waals surface area contributed by atoms with Crippen LogP contribution in [0.5, 0.6) is 0 Å². The van der Waals surface area contributed by atoms with E-state index >= 15 is 0 Å². The van der Waals surface area contributed by atoms with Crippen LogP contribution in [0.2, 0.25) is 20.1 Å². The second-order valence-corrected chi connectivity index (χ2v) is 14.8. The third-order valence-corrected chi connectivity index (χ3v) is 10.9. The van der Waals surface area contributed by atoms with Crippen LogP contribution in [0.1, 0.15) is 45.5 Å². The molecule has 9 heteroatoms. The second-order valence-electron chi connectivity index (χ2n) is 13.1. The minimum absolute atomic E-state index is 0. The van der Waals surface area contributed by atoms with Crippen molar-refractivity contribution in [3.63, 3.8) is 0 Å². The average Bonchev–Trinajstić information content (AvgIpc) is 3.99. The summed E-state index contributed by atoms with van der Waals surface area (Å²) in [4.78, 5) is 16.1. The summed E-state index contributed by atoms with van der Waals surface area (Å²) < 4.78 is 0. The second kappa shape index (κ2) is 14.9. The van der Waals surface area contributed by atoms with Gasteiger partial charge < -0.3 is 10.3 Å². The van der Waals surface area contributed by atoms with Crippen molar-refractivity contribution in [2.75, 3.05) is 0 Å². The van der Waals surface area contributed by atoms with E-state index in [0.717, 1.165) is 67.6 Å². The van der Waals surface area contributed by atoms with E-state index in [1.807, 2.05) is 72.8 Å². The molecule has 4 atom stereocenters. The number of fused-ring (bicyclic) bond motifs is 6. The van der Waals surface area contributed by atoms with E-state index in [2.05, 4.69) is 72.9 Å². The van der Waals surface area contributed by atoms with Gasteiger partial charge in [0.15, 0.2) is 0 Å². The van der Waals surface area contributed by atoms with Crippen LogP contribution in [0.4, 0.5) is 0 Å². The molecule has 0 aliphatic carbocycles. The van der Waals surface area contributed by atoms with Gasteiger partial charge in [-0.25, -0.2) is 0 Å². The van der Waals surface area contributed by atoms with Gasteiger partial charge in [-0.1, -0.05) is 131 Å². The number of allylic oxidation sites excluding steroid dienone is 5. The minimum atomic E-state index is -0.236. The molecular weight excluding hydrogens is 792 g/mol. The number of rotatable bonds is 4. The Labute approximate surface area is 341 Å². The number of hydrogen-bond donors (Lipinski definition) is 0. The minimum Gasteiger partial charge on any atom is -0.677 e. The van der Waals surface area contributed by atoms with E-state index in [0.29, 0.717) is 20.1 Å². The summed E-state index contributed by atoms with van der Waals surface area (Å²) in [6, 6.07) is 35.3. The maximum absolute atomic E-state index is 6.38. The van der Waals surface area contributed by atoms with Crippen LogP contribution in [0.3, 0.4) is 0 Å². The van der Waals surface area contributed by atoms with Crippen LogP contribution in [-0.2, 0) is 19.5 Å². The molecule has 1 aromatic heterocycles. The van der Waals surface area contributed by atoms with Crippen molar-refractivity contribution in [1.82, 2.24) is 4.98 Å². The van der Waals surface area contributed by atoms with E-state index in [9.17, 15) is 0 Å². The van der Waals surface area contributed by atoms with Crippen LogP contribution in [0.25, 0.3) is 16.5 Å². The first-order valence-corrected chi connectivity index (χ1v) is 18.5. The van der Waals surface area contributed by atoms with E-state index in [4.69, 9.17) is 66.7 Å². The molecule has 0 fully saturated rings. The van der Waals surface area contributed by atoms with Gasteiger partial charge in [-0.2, -0.15) is 0 Å². The molecule has 0 spiro atoms. The van der Waals surface area contributed by atoms with Crippen molar-refractivity contribution in [3.05, 3.63) is 216 Å². The van der Waals surface area contributed by atoms with Crippen LogP contribution < -0.4 is 4.98 Å². The normalized spacial score (nSPS) is 24.2. The predicted octanol–water partition coefficient (Wildman–Crippen LogP) is 12.1. The summed E-state index contributed by atoms with van der Waals surface area (Å²) in [5.74, 6) is -0.367. The topological polar surface area (TPSA) is 52.9 Å². The molecule has 0 saturated carbocycles. The molecule has 4 aromatic carbocycles. The summed E-state index contributed by atoms with van der Waals surface area (Å²) >= 11 is 25.5. The summed E-state index contributed by atoms with van der Waals surface area (Å²) in [5.41, 5.74) is 11.1. The fourth-order valence-corrected chi connectivity index (χ4v) is 7.94. The van der Waals surface area contributed by atoms with Gasteiger partial charge in [0.25, 0.3) is 0 Å². The number of aliphatic imine (C=N–C) groups is 2. The molecular formula is C44H28Cl4N4Zn. The molecule has 9 rings (SSSR count). The molecule has 5 aromatic rings. The molecule has 0 radical (unpaired) electrons. The molecule has 8 bridgehead atoms. The first kappa shape index (κ1) is 35.8. The Hall–Kier alpha value is -4.22. The summed E-state index contributed by atoms with van der Waals surface area (Å²) in [6.07, 6.45) is 12.7. The van der Waals surface area contributed by atoms with Crippen LogP contribution >= 0.6 is 46.4 Å². The van der Waals surface area contributed by atoms with Crippen LogP contribution in [-0.4, -0.2) is 23.5 Å². The van der Waals surface area contributed by atoms with Gasteiger partial charge in [-0.05, 0) is 100 Å². The zero-order chi connectivity index (χ0) is 35.3. The third kappa shape index (κ3) is 6.98. The molecule has 4 aliphatic heterocycles. The first-order valence-electron chi connectivity index (χ1n) is 17.0. The molecule has 5 heterocycles. The quantitative estimate of drug-likeness (QED) is 0.167. The molecule has 0 amide bonds. The number of halogens is 4. The smallest absolute Gasteiger partial charge is 0.677 e. The Kier molecular flexibility index (Phi) is 10.1. The van der Waals surface area contributed by atoms with E-state index in [1.165, 1.54) is 0 Å². The van der Waals surface area contributed by atoms with E-state index < -0.39 is 0 Å². The Morgan fingerprint density at radius 2 is 1.09 bits per heavy atom. The number of benzene rings is 4. The van der Waals surface area contributed by atoms with Gasteiger partial charge in [0.05, 0.1) is 17.5 Å². The number of nitrogens with zero attached hydrogens (tertiary/aromatic N) is 4. The molecule has 4 nitrogen and oxygen atoms in total. The summed E-state index contributed by atoms with van der Waals surface area (Å²) in [6.45, 7) is 0. The van der Waals surface area contributed by atoms with Crippen molar-refractivity contribution in [3.8, 4) is 0 Å². The van der Waals surface area contributed by atoms with Crippen molar-refractivity contribution in [2.45, 2.75) is 23.9 Å². The van der Waals surface area contributed by atoms with Gasteiger partial charge in [-0.3, -0.25) is 9.98 Å². The number of aromatic nitrogens is 1. The zero-order valence-electron chi connectivity index (χ0n) is 28.2. The van der Waals surface area contributed by atoms with Crippen LogP contribution in [0, 0.1) is 0 Å². The molecule has 0 N–H and O–H groups in total. The van der Waals surface area contributed by atoms with Gasteiger partial charge in [-0.15, -0.1) is 17.1 Å². The molecule has 4 aliphatic rings. The average molecular weight is 820 g/mol. The van der Waals surface area contributed by atoms with Crippen molar-refractivity contribution >= 4 is 69.0 Å². The number of hydrogen-bond acceptors (Lipinski definition) is 2. The van der Waals surface area contributed by atoms with Gasteiger partial charge in [0, 0.05) is 37.6 Å². The summed E-state index contributed by atoms with van der Waals surface area (Å²) in [5, 5.41) is 8.08. The van der Waals surface area contributed by atoms with E-state index in [1.54, 1.807) is 0 Å². The maximum Gasteiger partial charge on any atom is 2.00 e. The molecule has 254 valence electrons. The van der Waals surface area contributed by atoms with Crippen molar-refractivity contribution in [1.29, 1.82) is 0 Å². The standard InChI is InChI=1S/C44H28Cl4N4.Zn/c45-29-9-1-25(2-10-29)41-33-17-19-35(49-33)42(26-3-11-30(46)12-4-26)37-21-23-39(51-37)44(28-7-15-32(48)16-8-28)40-24-22-38(52-40)43(36-20-18-34(41)50-36)27-5-13-31(47)14-6-27;/h1-24,33,39,41,44H;/q-2;+2/b42-35-,43-36-;. The van der Waals surface area contributed by atoms with Gasteiger partial charge >= 0.3 is 19.5 Å². The Bertz CT molecular complexity index is 2420. The first-order chi connectivity index (χ1) is 25.4. The van der Waals surface area contributed by atoms with E-state index in [-0.39, 0.29) is 43.4 Å². The monoisotopic (exact) mass is 816 g/mol. The molecule has 0 saturated heterocycles. The fraction of sp³-hybridized carbons (Fsp3) is 0.0909. The van der Waals surface area contributed by atoms with Crippen molar-refractivity contribution < 1.29 is 19.5 Å². The summed E-state index contributed by atoms with van der Waals surface area (Å²) in [7, 11) is 0. The van der Waals surface area contributed by atoms with Gasteiger partial charge in [0.1, 0.15) is 0 Å². The fourth-order valence-electron chi connectivity index (χ4n) is 7.43. The zero-order valence-corrected chi connectivity index (χ0v) is 34.2. The largest absolute Gasteiger partial charge is 2.00 e.